The fourth-order valence-corrected chi connectivity index (χ4v) is 3.03. The topological polar surface area (TPSA) is 68.7 Å². The van der Waals surface area contributed by atoms with Crippen molar-refractivity contribution >= 4 is 17.3 Å². The molecule has 0 fully saturated rings. The van der Waals surface area contributed by atoms with Crippen LogP contribution >= 0.6 is 11.3 Å². The molecule has 0 aliphatic carbocycles. The average molecular weight is 291 g/mol. The SMILES string of the molecule is CCc1nc(C(=O)O)c(-c2ccc3c(c2)OCCO3)s1. The molecule has 1 aromatic heterocycles. The van der Waals surface area contributed by atoms with Crippen molar-refractivity contribution in [1.29, 1.82) is 0 Å². The maximum atomic E-state index is 11.3. The van der Waals surface area contributed by atoms with Gasteiger partial charge in [-0.1, -0.05) is 6.92 Å². The molecule has 2 aromatic rings. The van der Waals surface area contributed by atoms with E-state index in [4.69, 9.17) is 9.47 Å². The van der Waals surface area contributed by atoms with Gasteiger partial charge in [-0.15, -0.1) is 11.3 Å². The first kappa shape index (κ1) is 12.9. The molecule has 5 nitrogen and oxygen atoms in total. The minimum atomic E-state index is -1.01. The summed E-state index contributed by atoms with van der Waals surface area (Å²) < 4.78 is 11.0. The Morgan fingerprint density at radius 1 is 1.35 bits per heavy atom. The van der Waals surface area contributed by atoms with Gasteiger partial charge in [0.2, 0.25) is 0 Å². The van der Waals surface area contributed by atoms with Gasteiger partial charge in [0.25, 0.3) is 0 Å². The molecule has 0 amide bonds. The summed E-state index contributed by atoms with van der Waals surface area (Å²) in [6.45, 7) is 3.00. The Balaban J connectivity index is 2.08. The molecule has 3 rings (SSSR count). The van der Waals surface area contributed by atoms with Crippen molar-refractivity contribution in [1.82, 2.24) is 4.98 Å². The highest BCUT2D eigenvalue weighted by Gasteiger charge is 2.20. The van der Waals surface area contributed by atoms with Crippen LogP contribution in [0, 0.1) is 0 Å². The van der Waals surface area contributed by atoms with Gasteiger partial charge < -0.3 is 14.6 Å². The van der Waals surface area contributed by atoms with E-state index in [0.29, 0.717) is 29.6 Å². The lowest BCUT2D eigenvalue weighted by molar-refractivity contribution is 0.0692. The van der Waals surface area contributed by atoms with E-state index >= 15 is 0 Å². The molecule has 1 aliphatic rings. The summed E-state index contributed by atoms with van der Waals surface area (Å²) in [5.41, 5.74) is 0.896. The molecule has 0 radical (unpaired) electrons. The van der Waals surface area contributed by atoms with E-state index in [1.165, 1.54) is 11.3 Å². The number of rotatable bonds is 3. The Hall–Kier alpha value is -2.08. The lowest BCUT2D eigenvalue weighted by Gasteiger charge is -2.18. The number of hydrogen-bond acceptors (Lipinski definition) is 5. The van der Waals surface area contributed by atoms with E-state index in [0.717, 1.165) is 17.0 Å². The van der Waals surface area contributed by atoms with E-state index in [1.807, 2.05) is 19.1 Å². The number of carbonyl (C=O) groups is 1. The van der Waals surface area contributed by atoms with Gasteiger partial charge in [0, 0.05) is 0 Å². The van der Waals surface area contributed by atoms with E-state index < -0.39 is 5.97 Å². The summed E-state index contributed by atoms with van der Waals surface area (Å²) in [7, 11) is 0. The zero-order valence-corrected chi connectivity index (χ0v) is 11.7. The van der Waals surface area contributed by atoms with Gasteiger partial charge in [-0.3, -0.25) is 0 Å². The zero-order valence-electron chi connectivity index (χ0n) is 10.9. The summed E-state index contributed by atoms with van der Waals surface area (Å²) in [5, 5.41) is 10.1. The Kier molecular flexibility index (Phi) is 3.31. The monoisotopic (exact) mass is 291 g/mol. The molecule has 1 aromatic carbocycles. The number of thiazole rings is 1. The summed E-state index contributed by atoms with van der Waals surface area (Å²) in [5.74, 6) is 0.333. The molecule has 6 heteroatoms. The smallest absolute Gasteiger partial charge is 0.356 e. The van der Waals surface area contributed by atoms with Crippen molar-refractivity contribution in [2.24, 2.45) is 0 Å². The number of hydrogen-bond donors (Lipinski definition) is 1. The van der Waals surface area contributed by atoms with Crippen molar-refractivity contribution in [2.45, 2.75) is 13.3 Å². The van der Waals surface area contributed by atoms with Crippen molar-refractivity contribution in [3.63, 3.8) is 0 Å². The largest absolute Gasteiger partial charge is 0.486 e. The fraction of sp³-hybridized carbons (Fsp3) is 0.286. The summed E-state index contributed by atoms with van der Waals surface area (Å²) >= 11 is 1.40. The number of aromatic nitrogens is 1. The van der Waals surface area contributed by atoms with E-state index in [9.17, 15) is 9.90 Å². The highest BCUT2D eigenvalue weighted by Crippen LogP contribution is 2.38. The Morgan fingerprint density at radius 2 is 2.10 bits per heavy atom. The number of carboxylic acids is 1. The third kappa shape index (κ3) is 2.22. The average Bonchev–Trinajstić information content (AvgIpc) is 2.91. The first-order valence-electron chi connectivity index (χ1n) is 6.32. The molecule has 1 N–H and O–H groups in total. The summed E-state index contributed by atoms with van der Waals surface area (Å²) in [4.78, 5) is 16.1. The fourth-order valence-electron chi connectivity index (χ4n) is 2.04. The minimum Gasteiger partial charge on any atom is -0.486 e. The third-order valence-corrected chi connectivity index (χ3v) is 4.23. The standard InChI is InChI=1S/C14H13NO4S/c1-2-11-15-12(14(16)17)13(20-11)8-3-4-9-10(7-8)19-6-5-18-9/h3-4,7H,2,5-6H2,1H3,(H,16,17). The van der Waals surface area contributed by atoms with E-state index in [-0.39, 0.29) is 5.69 Å². The first-order valence-corrected chi connectivity index (χ1v) is 7.13. The molecule has 0 bridgehead atoms. The molecular formula is C14H13NO4S. The number of nitrogens with zero attached hydrogens (tertiary/aromatic N) is 1. The molecule has 20 heavy (non-hydrogen) atoms. The van der Waals surface area contributed by atoms with Crippen LogP contribution in [-0.2, 0) is 6.42 Å². The molecule has 2 heterocycles. The number of aromatic carboxylic acids is 1. The zero-order chi connectivity index (χ0) is 14.1. The molecule has 104 valence electrons. The van der Waals surface area contributed by atoms with Crippen LogP contribution in [0.1, 0.15) is 22.4 Å². The predicted octanol–water partition coefficient (Wildman–Crippen LogP) is 2.84. The predicted molar refractivity (Wildman–Crippen MR) is 74.9 cm³/mol. The van der Waals surface area contributed by atoms with Crippen LogP contribution in [-0.4, -0.2) is 29.3 Å². The Morgan fingerprint density at radius 3 is 2.80 bits per heavy atom. The second-order valence-electron chi connectivity index (χ2n) is 4.30. The highest BCUT2D eigenvalue weighted by atomic mass is 32.1. The van der Waals surface area contributed by atoms with Crippen LogP contribution in [0.2, 0.25) is 0 Å². The molecule has 0 atom stereocenters. The van der Waals surface area contributed by atoms with Crippen LogP contribution in [0.3, 0.4) is 0 Å². The van der Waals surface area contributed by atoms with Gasteiger partial charge in [0.15, 0.2) is 17.2 Å². The number of ether oxygens (including phenoxy) is 2. The summed E-state index contributed by atoms with van der Waals surface area (Å²) in [6, 6.07) is 5.46. The maximum absolute atomic E-state index is 11.3. The van der Waals surface area contributed by atoms with E-state index in [2.05, 4.69) is 4.98 Å². The molecule has 0 unspecified atom stereocenters. The molecular weight excluding hydrogens is 278 g/mol. The molecule has 1 aliphatic heterocycles. The van der Waals surface area contributed by atoms with Crippen molar-refractivity contribution in [3.8, 4) is 21.9 Å². The van der Waals surface area contributed by atoms with Gasteiger partial charge >= 0.3 is 5.97 Å². The molecule has 0 spiro atoms. The van der Waals surface area contributed by atoms with E-state index in [1.54, 1.807) is 6.07 Å². The number of aryl methyl sites for hydroxylation is 1. The van der Waals surface area contributed by atoms with Crippen LogP contribution < -0.4 is 9.47 Å². The Bertz CT molecular complexity index is 665. The van der Waals surface area contributed by atoms with Gasteiger partial charge in [-0.05, 0) is 30.2 Å². The Labute approximate surface area is 119 Å². The van der Waals surface area contributed by atoms with Gasteiger partial charge in [0.1, 0.15) is 13.2 Å². The third-order valence-electron chi connectivity index (χ3n) is 2.98. The van der Waals surface area contributed by atoms with Gasteiger partial charge in [0.05, 0.1) is 9.88 Å². The molecule has 0 saturated carbocycles. The number of carboxylic acid groups (broad SMARTS) is 1. The number of fused-ring (bicyclic) bond motifs is 1. The van der Waals surface area contributed by atoms with Gasteiger partial charge in [-0.25, -0.2) is 9.78 Å². The van der Waals surface area contributed by atoms with Crippen molar-refractivity contribution < 1.29 is 19.4 Å². The second-order valence-corrected chi connectivity index (χ2v) is 5.39. The molecule has 0 saturated heterocycles. The normalized spacial score (nSPS) is 13.2. The highest BCUT2D eigenvalue weighted by molar-refractivity contribution is 7.15. The van der Waals surface area contributed by atoms with Crippen LogP contribution in [0.25, 0.3) is 10.4 Å². The first-order chi connectivity index (χ1) is 9.69. The van der Waals surface area contributed by atoms with Gasteiger partial charge in [-0.2, -0.15) is 0 Å². The maximum Gasteiger partial charge on any atom is 0.356 e. The van der Waals surface area contributed by atoms with Crippen LogP contribution in [0.4, 0.5) is 0 Å². The van der Waals surface area contributed by atoms with Crippen molar-refractivity contribution in [2.75, 3.05) is 13.2 Å². The number of benzene rings is 1. The minimum absolute atomic E-state index is 0.100. The van der Waals surface area contributed by atoms with Crippen LogP contribution in [0.5, 0.6) is 11.5 Å². The van der Waals surface area contributed by atoms with Crippen molar-refractivity contribution in [3.05, 3.63) is 28.9 Å². The quantitative estimate of drug-likeness (QED) is 0.941. The summed E-state index contributed by atoms with van der Waals surface area (Å²) in [6.07, 6.45) is 0.718. The lowest BCUT2D eigenvalue weighted by atomic mass is 10.1. The lowest BCUT2D eigenvalue weighted by Crippen LogP contribution is -2.15. The second kappa shape index (κ2) is 5.13. The van der Waals surface area contributed by atoms with Crippen LogP contribution in [0.15, 0.2) is 18.2 Å².